The molecule has 0 aliphatic carbocycles. The maximum absolute atomic E-state index is 14.0. The number of aromatic nitrogens is 1. The van der Waals surface area contributed by atoms with Gasteiger partial charge < -0.3 is 10.1 Å². The van der Waals surface area contributed by atoms with Crippen LogP contribution in [0, 0.1) is 5.92 Å². The van der Waals surface area contributed by atoms with E-state index < -0.39 is 17.1 Å². The van der Waals surface area contributed by atoms with Gasteiger partial charge in [-0.25, -0.2) is 4.90 Å². The first-order chi connectivity index (χ1) is 19.4. The van der Waals surface area contributed by atoms with Crippen LogP contribution in [0.4, 0.5) is 11.4 Å². The number of carbonyl (C=O) groups is 3. The second-order valence-electron chi connectivity index (χ2n) is 9.34. The van der Waals surface area contributed by atoms with Gasteiger partial charge in [-0.05, 0) is 54.1 Å². The Morgan fingerprint density at radius 1 is 0.975 bits per heavy atom. The van der Waals surface area contributed by atoms with Crippen molar-refractivity contribution in [3.63, 3.8) is 0 Å². The molecule has 2 aliphatic rings. The van der Waals surface area contributed by atoms with E-state index in [-0.39, 0.29) is 29.1 Å². The van der Waals surface area contributed by atoms with Crippen molar-refractivity contribution in [2.24, 2.45) is 5.92 Å². The molecule has 3 heterocycles. The highest BCUT2D eigenvalue weighted by atomic mass is 79.9. The van der Waals surface area contributed by atoms with E-state index in [1.807, 2.05) is 42.5 Å². The summed E-state index contributed by atoms with van der Waals surface area (Å²) in [6.45, 7) is -0.209. The first-order valence-corrected chi connectivity index (χ1v) is 14.9. The molecule has 4 aromatic rings. The monoisotopic (exact) mass is 635 g/mol. The van der Waals surface area contributed by atoms with E-state index in [1.54, 1.807) is 43.5 Å². The lowest BCUT2D eigenvalue weighted by atomic mass is 9.83. The third-order valence-electron chi connectivity index (χ3n) is 6.95. The topological polar surface area (TPSA) is 97.7 Å². The van der Waals surface area contributed by atoms with Crippen molar-refractivity contribution in [3.05, 3.63) is 103 Å². The maximum Gasteiger partial charge on any atom is 0.308 e. The van der Waals surface area contributed by atoms with Gasteiger partial charge in [0.1, 0.15) is 17.5 Å². The highest BCUT2D eigenvalue weighted by molar-refractivity contribution is 9.10. The normalized spacial score (nSPS) is 19.8. The van der Waals surface area contributed by atoms with Crippen LogP contribution < -0.4 is 19.8 Å². The molecule has 202 valence electrons. The Kier molecular flexibility index (Phi) is 7.11. The Labute approximate surface area is 246 Å². The maximum atomic E-state index is 14.0. The number of nitrogens with one attached hydrogen (secondary N) is 1. The van der Waals surface area contributed by atoms with Crippen molar-refractivity contribution in [1.82, 2.24) is 4.57 Å². The summed E-state index contributed by atoms with van der Waals surface area (Å²) in [7, 11) is 1.55. The van der Waals surface area contributed by atoms with Crippen LogP contribution in [0.2, 0.25) is 0 Å². The molecular formula is C29H22BrN3O5S2. The summed E-state index contributed by atoms with van der Waals surface area (Å²) < 4.78 is 7.46. The molecule has 0 radical (unpaired) electrons. The average molecular weight is 637 g/mol. The molecule has 3 amide bonds. The van der Waals surface area contributed by atoms with Crippen LogP contribution in [0.25, 0.3) is 0 Å². The second kappa shape index (κ2) is 10.7. The summed E-state index contributed by atoms with van der Waals surface area (Å²) in [6.07, 6.45) is 0. The quantitative estimate of drug-likeness (QED) is 0.296. The summed E-state index contributed by atoms with van der Waals surface area (Å²) in [5.41, 5.74) is 1.89. The zero-order valence-corrected chi connectivity index (χ0v) is 24.3. The molecule has 8 nitrogen and oxygen atoms in total. The Hall–Kier alpha value is -3.67. The van der Waals surface area contributed by atoms with Crippen LogP contribution >= 0.6 is 39.0 Å². The SMILES string of the molecule is COc1ccc(N2C(=O)C3Sc4c(sc(=O)n4CC(=O)Nc4ccccc4)[C@H](c4cccc(Br)c4)C3C2=O)cc1. The fraction of sp³-hybridized carbons (Fsp3) is 0.172. The smallest absolute Gasteiger partial charge is 0.308 e. The Balaban J connectivity index is 1.41. The van der Waals surface area contributed by atoms with E-state index in [1.165, 1.54) is 21.2 Å². The van der Waals surface area contributed by atoms with Gasteiger partial charge in [0.2, 0.25) is 17.7 Å². The number of methoxy groups -OCH3 is 1. The Morgan fingerprint density at radius 2 is 1.73 bits per heavy atom. The summed E-state index contributed by atoms with van der Waals surface area (Å²) in [6, 6.07) is 23.3. The molecule has 0 saturated carbocycles. The number of ether oxygens (including phenoxy) is 1. The third-order valence-corrected chi connectivity index (χ3v) is 10.0. The largest absolute Gasteiger partial charge is 0.497 e. The number of amides is 3. The van der Waals surface area contributed by atoms with Gasteiger partial charge in [0.05, 0.1) is 23.7 Å². The lowest BCUT2D eigenvalue weighted by molar-refractivity contribution is -0.122. The molecule has 1 fully saturated rings. The molecular weight excluding hydrogens is 614 g/mol. The van der Waals surface area contributed by atoms with Crippen LogP contribution in [0.15, 0.2) is 93.2 Å². The molecule has 3 atom stereocenters. The van der Waals surface area contributed by atoms with Crippen molar-refractivity contribution < 1.29 is 19.1 Å². The molecule has 0 spiro atoms. The van der Waals surface area contributed by atoms with E-state index in [0.717, 1.165) is 21.4 Å². The zero-order chi connectivity index (χ0) is 28.0. The second-order valence-corrected chi connectivity index (χ2v) is 12.4. The lowest BCUT2D eigenvalue weighted by Gasteiger charge is -2.30. The number of imide groups is 1. The molecule has 1 aromatic heterocycles. The third kappa shape index (κ3) is 4.67. The van der Waals surface area contributed by atoms with Gasteiger partial charge in [-0.3, -0.25) is 23.7 Å². The number of hydrogen-bond acceptors (Lipinski definition) is 7. The van der Waals surface area contributed by atoms with Gasteiger partial charge in [0.15, 0.2) is 0 Å². The first kappa shape index (κ1) is 26.5. The molecule has 3 aromatic carbocycles. The van der Waals surface area contributed by atoms with Crippen molar-refractivity contribution in [2.75, 3.05) is 17.3 Å². The van der Waals surface area contributed by atoms with Crippen molar-refractivity contribution in [1.29, 1.82) is 0 Å². The number of para-hydroxylation sites is 1. The number of anilines is 2. The van der Waals surface area contributed by atoms with Gasteiger partial charge in [0.25, 0.3) is 0 Å². The number of thioether (sulfide) groups is 1. The van der Waals surface area contributed by atoms with Gasteiger partial charge in [-0.2, -0.15) is 0 Å². The summed E-state index contributed by atoms with van der Waals surface area (Å²) in [4.78, 5) is 55.6. The number of rotatable bonds is 6. The van der Waals surface area contributed by atoms with Crippen molar-refractivity contribution in [2.45, 2.75) is 22.7 Å². The van der Waals surface area contributed by atoms with E-state index >= 15 is 0 Å². The van der Waals surface area contributed by atoms with Gasteiger partial charge in [0, 0.05) is 21.0 Å². The molecule has 0 bridgehead atoms. The number of carbonyl (C=O) groups excluding carboxylic acids is 3. The Bertz CT molecular complexity index is 1690. The molecule has 2 unspecified atom stereocenters. The number of nitrogens with zero attached hydrogens (tertiary/aromatic N) is 2. The van der Waals surface area contributed by atoms with Gasteiger partial charge in [-0.15, -0.1) is 0 Å². The van der Waals surface area contributed by atoms with Crippen LogP contribution in [-0.2, 0) is 20.9 Å². The van der Waals surface area contributed by atoms with E-state index in [0.29, 0.717) is 27.0 Å². The highest BCUT2D eigenvalue weighted by Crippen LogP contribution is 2.54. The lowest BCUT2D eigenvalue weighted by Crippen LogP contribution is -2.33. The number of thiazole rings is 1. The summed E-state index contributed by atoms with van der Waals surface area (Å²) in [5, 5.41) is 2.60. The predicted octanol–water partition coefficient (Wildman–Crippen LogP) is 5.12. The van der Waals surface area contributed by atoms with E-state index in [2.05, 4.69) is 21.2 Å². The fourth-order valence-electron chi connectivity index (χ4n) is 5.17. The average Bonchev–Trinajstić information content (AvgIpc) is 3.39. The summed E-state index contributed by atoms with van der Waals surface area (Å²) in [5.74, 6) is -1.67. The minimum atomic E-state index is -0.761. The van der Waals surface area contributed by atoms with E-state index in [4.69, 9.17) is 4.74 Å². The number of hydrogen-bond donors (Lipinski definition) is 1. The van der Waals surface area contributed by atoms with Crippen LogP contribution in [0.3, 0.4) is 0 Å². The zero-order valence-electron chi connectivity index (χ0n) is 21.1. The minimum Gasteiger partial charge on any atom is -0.497 e. The first-order valence-electron chi connectivity index (χ1n) is 12.4. The molecule has 11 heteroatoms. The van der Waals surface area contributed by atoms with E-state index in [9.17, 15) is 19.2 Å². The molecule has 2 aliphatic heterocycles. The highest BCUT2D eigenvalue weighted by Gasteiger charge is 2.56. The van der Waals surface area contributed by atoms with Crippen LogP contribution in [0.1, 0.15) is 16.4 Å². The van der Waals surface area contributed by atoms with Crippen molar-refractivity contribution in [3.8, 4) is 5.75 Å². The number of benzene rings is 3. The van der Waals surface area contributed by atoms with Gasteiger partial charge >= 0.3 is 4.87 Å². The summed E-state index contributed by atoms with van der Waals surface area (Å²) >= 11 is 5.73. The molecule has 1 saturated heterocycles. The number of halogens is 1. The molecule has 6 rings (SSSR count). The minimum absolute atomic E-state index is 0.209. The van der Waals surface area contributed by atoms with Gasteiger partial charge in [-0.1, -0.05) is 69.4 Å². The standard InChI is InChI=1S/C29H22BrN3O5S2/c1-38-20-12-10-19(11-13-20)33-26(35)23-22(16-6-5-7-17(30)14-16)25-28(39-24(23)27(33)36)32(29(37)40-25)15-21(34)31-18-8-3-2-4-9-18/h2-14,22-24H,15H2,1H3,(H,31,34)/t22-,23?,24?/m1/s1. The van der Waals surface area contributed by atoms with Crippen LogP contribution in [-0.4, -0.2) is 34.6 Å². The molecule has 40 heavy (non-hydrogen) atoms. The molecule has 1 N–H and O–H groups in total. The van der Waals surface area contributed by atoms with Crippen molar-refractivity contribution >= 4 is 68.1 Å². The Morgan fingerprint density at radius 3 is 2.42 bits per heavy atom. The van der Waals surface area contributed by atoms with Crippen LogP contribution in [0.5, 0.6) is 5.75 Å². The predicted molar refractivity (Wildman–Crippen MR) is 158 cm³/mol. The number of fused-ring (bicyclic) bond motifs is 2. The fourth-order valence-corrected chi connectivity index (χ4v) is 8.36.